The Morgan fingerprint density at radius 3 is 2.51 bits per heavy atom. The van der Waals surface area contributed by atoms with Gasteiger partial charge in [0, 0.05) is 17.1 Å². The topological polar surface area (TPSA) is 85.8 Å². The quantitative estimate of drug-likeness (QED) is 0.216. The fourth-order valence-corrected chi connectivity index (χ4v) is 4.34. The van der Waals surface area contributed by atoms with Crippen molar-refractivity contribution in [2.24, 2.45) is 0 Å². The number of hydrogen-bond donors (Lipinski definition) is 1. The summed E-state index contributed by atoms with van der Waals surface area (Å²) in [6, 6.07) is 9.11. The minimum absolute atomic E-state index is 0.0100. The van der Waals surface area contributed by atoms with E-state index < -0.39 is 28.7 Å². The Hall–Kier alpha value is -3.83. The first-order valence-corrected chi connectivity index (χ1v) is 10.5. The number of benzene rings is 2. The number of halogens is 5. The van der Waals surface area contributed by atoms with Gasteiger partial charge in [-0.15, -0.1) is 0 Å². The molecule has 0 fully saturated rings. The normalized spacial score (nSPS) is 13.9. The van der Waals surface area contributed by atoms with Gasteiger partial charge in [-0.25, -0.2) is 19.0 Å². The van der Waals surface area contributed by atoms with Crippen LogP contribution in [0.4, 0.5) is 17.6 Å². The van der Waals surface area contributed by atoms with Crippen molar-refractivity contribution in [1.29, 1.82) is 0 Å². The summed E-state index contributed by atoms with van der Waals surface area (Å²) in [4.78, 5) is 18.8. The molecule has 3 aromatic heterocycles. The fourth-order valence-electron chi connectivity index (χ4n) is 4.10. The molecular weight excluding hydrogens is 490 g/mol. The number of alkyl halides is 3. The van der Waals surface area contributed by atoms with Crippen LogP contribution in [0.1, 0.15) is 11.1 Å². The van der Waals surface area contributed by atoms with E-state index in [4.69, 9.17) is 11.6 Å². The van der Waals surface area contributed by atoms with E-state index in [0.717, 1.165) is 23.2 Å². The van der Waals surface area contributed by atoms with Crippen LogP contribution in [-0.2, 0) is 16.9 Å². The summed E-state index contributed by atoms with van der Waals surface area (Å²) in [5.74, 6) is -0.444. The van der Waals surface area contributed by atoms with Crippen molar-refractivity contribution in [1.82, 2.24) is 24.3 Å². The van der Waals surface area contributed by atoms with E-state index in [-0.39, 0.29) is 22.7 Å². The van der Waals surface area contributed by atoms with E-state index in [1.807, 2.05) is 0 Å². The van der Waals surface area contributed by atoms with Crippen molar-refractivity contribution in [2.45, 2.75) is 18.3 Å². The fraction of sp³-hybridized carbons (Fsp3) is 0.130. The van der Waals surface area contributed by atoms with Gasteiger partial charge in [-0.05, 0) is 42.0 Å². The van der Waals surface area contributed by atoms with Gasteiger partial charge in [0.15, 0.2) is 5.15 Å². The number of nitrogens with zero attached hydrogens (tertiary/aromatic N) is 5. The summed E-state index contributed by atoms with van der Waals surface area (Å²) in [6.07, 6.45) is -1.38. The molecule has 0 saturated heterocycles. The van der Waals surface area contributed by atoms with E-state index >= 15 is 0 Å². The van der Waals surface area contributed by atoms with Crippen molar-refractivity contribution in [2.75, 3.05) is 0 Å². The molecule has 1 unspecified atom stereocenters. The Morgan fingerprint density at radius 2 is 1.83 bits per heavy atom. The highest BCUT2D eigenvalue weighted by Crippen LogP contribution is 2.47. The van der Waals surface area contributed by atoms with Crippen molar-refractivity contribution < 1.29 is 27.5 Å². The number of rotatable bonds is 5. The number of carbonyl (C=O) groups is 1. The lowest BCUT2D eigenvalue weighted by Crippen LogP contribution is -2.43. The monoisotopic (exact) mass is 503 g/mol. The third kappa shape index (κ3) is 3.55. The molecule has 0 aliphatic heterocycles. The molecule has 2 aromatic carbocycles. The second-order valence-corrected chi connectivity index (χ2v) is 8.10. The molecule has 0 saturated carbocycles. The van der Waals surface area contributed by atoms with Crippen LogP contribution < -0.4 is 0 Å². The van der Waals surface area contributed by atoms with Crippen LogP contribution in [-0.4, -0.2) is 41.9 Å². The highest BCUT2D eigenvalue weighted by molar-refractivity contribution is 6.33. The molecular formula is C23H14ClF4N5O2. The van der Waals surface area contributed by atoms with Gasteiger partial charge >= 0.3 is 6.18 Å². The molecule has 5 rings (SSSR count). The third-order valence-corrected chi connectivity index (χ3v) is 6.01. The first-order chi connectivity index (χ1) is 16.6. The number of fused-ring (bicyclic) bond motifs is 2. The van der Waals surface area contributed by atoms with Crippen molar-refractivity contribution in [3.05, 3.63) is 83.3 Å². The van der Waals surface area contributed by atoms with Gasteiger partial charge in [-0.3, -0.25) is 0 Å². The standard InChI is InChI=1S/C23H14ClF4N5O2/c24-21-20-19(29-12-30-21)17(11-32(20)7-8-34)22(35,23(26,27)28)14-1-6-18-13(9-14)10-31-33(18)16-4-2-15(25)3-5-16/h1-6,8-12,35H,7H2. The average molecular weight is 504 g/mol. The number of carbonyl (C=O) groups excluding carboxylic acids is 1. The summed E-state index contributed by atoms with van der Waals surface area (Å²) in [6.45, 7) is -0.318. The Kier molecular flexibility index (Phi) is 5.33. The van der Waals surface area contributed by atoms with Gasteiger partial charge in [-0.1, -0.05) is 17.7 Å². The van der Waals surface area contributed by atoms with Crippen molar-refractivity contribution in [3.63, 3.8) is 0 Å². The molecule has 1 atom stereocenters. The highest BCUT2D eigenvalue weighted by Gasteiger charge is 2.58. The van der Waals surface area contributed by atoms with Crippen molar-refractivity contribution in [3.8, 4) is 5.69 Å². The van der Waals surface area contributed by atoms with Crippen LogP contribution in [0.25, 0.3) is 27.6 Å². The van der Waals surface area contributed by atoms with Crippen molar-refractivity contribution >= 4 is 39.8 Å². The zero-order valence-corrected chi connectivity index (χ0v) is 18.3. The van der Waals surface area contributed by atoms with E-state index in [1.54, 1.807) is 0 Å². The summed E-state index contributed by atoms with van der Waals surface area (Å²) in [7, 11) is 0. The minimum atomic E-state index is -5.18. The number of hydrogen-bond acceptors (Lipinski definition) is 5. The zero-order chi connectivity index (χ0) is 25.0. The van der Waals surface area contributed by atoms with Gasteiger partial charge in [-0.2, -0.15) is 18.3 Å². The Morgan fingerprint density at radius 1 is 1.09 bits per heavy atom. The maximum Gasteiger partial charge on any atom is 0.425 e. The largest absolute Gasteiger partial charge is 0.425 e. The minimum Gasteiger partial charge on any atom is -0.372 e. The first kappa shape index (κ1) is 22.9. The molecule has 0 amide bonds. The molecule has 0 aliphatic rings. The molecule has 35 heavy (non-hydrogen) atoms. The lowest BCUT2D eigenvalue weighted by atomic mass is 9.86. The molecule has 0 radical (unpaired) electrons. The van der Waals surface area contributed by atoms with Crippen LogP contribution in [0.2, 0.25) is 5.15 Å². The van der Waals surface area contributed by atoms with Crippen LogP contribution in [0.5, 0.6) is 0 Å². The highest BCUT2D eigenvalue weighted by atomic mass is 35.5. The second kappa shape index (κ2) is 8.14. The van der Waals surface area contributed by atoms with Crippen LogP contribution in [0.3, 0.4) is 0 Å². The van der Waals surface area contributed by atoms with E-state index in [2.05, 4.69) is 15.1 Å². The summed E-state index contributed by atoms with van der Waals surface area (Å²) >= 11 is 6.09. The average Bonchev–Trinajstić information content (AvgIpc) is 3.41. The van der Waals surface area contributed by atoms with Crippen LogP contribution >= 0.6 is 11.6 Å². The third-order valence-electron chi connectivity index (χ3n) is 5.73. The smallest absolute Gasteiger partial charge is 0.372 e. The van der Waals surface area contributed by atoms with E-state index in [0.29, 0.717) is 22.9 Å². The molecule has 0 aliphatic carbocycles. The van der Waals surface area contributed by atoms with E-state index in [1.165, 1.54) is 47.3 Å². The van der Waals surface area contributed by atoms with Gasteiger partial charge in [0.2, 0.25) is 5.60 Å². The number of aromatic nitrogens is 5. The molecule has 3 heterocycles. The molecule has 12 heteroatoms. The van der Waals surface area contributed by atoms with E-state index in [9.17, 15) is 27.5 Å². The second-order valence-electron chi connectivity index (χ2n) is 7.74. The summed E-state index contributed by atoms with van der Waals surface area (Å²) < 4.78 is 59.5. The predicted octanol–water partition coefficient (Wildman–Crippen LogP) is 4.56. The molecule has 0 spiro atoms. The Bertz CT molecular complexity index is 1580. The number of aldehydes is 1. The van der Waals surface area contributed by atoms with Gasteiger partial charge < -0.3 is 14.5 Å². The van der Waals surface area contributed by atoms with Gasteiger partial charge in [0.05, 0.1) is 29.5 Å². The predicted molar refractivity (Wildman–Crippen MR) is 119 cm³/mol. The maximum absolute atomic E-state index is 14.5. The van der Waals surface area contributed by atoms with Crippen LogP contribution in [0.15, 0.2) is 61.2 Å². The zero-order valence-electron chi connectivity index (χ0n) is 17.5. The lowest BCUT2D eigenvalue weighted by Gasteiger charge is -2.30. The van der Waals surface area contributed by atoms with Crippen LogP contribution in [0, 0.1) is 5.82 Å². The molecule has 7 nitrogen and oxygen atoms in total. The maximum atomic E-state index is 14.5. The van der Waals surface area contributed by atoms with Gasteiger partial charge in [0.25, 0.3) is 0 Å². The molecule has 178 valence electrons. The SMILES string of the molecule is O=CCn1cc(C(O)(c2ccc3c(cnn3-c3ccc(F)cc3)c2)C(F)(F)F)c2ncnc(Cl)c21. The molecule has 0 bridgehead atoms. The summed E-state index contributed by atoms with van der Waals surface area (Å²) in [5.41, 5.74) is -3.89. The first-order valence-electron chi connectivity index (χ1n) is 10.1. The number of aliphatic hydroxyl groups is 1. The molecule has 1 N–H and O–H groups in total. The molecule has 5 aromatic rings. The van der Waals surface area contributed by atoms with Gasteiger partial charge in [0.1, 0.15) is 23.9 Å². The Balaban J connectivity index is 1.73. The Labute approximate surface area is 199 Å². The summed E-state index contributed by atoms with van der Waals surface area (Å²) in [5, 5.41) is 15.6. The lowest BCUT2D eigenvalue weighted by molar-refractivity contribution is -0.247.